The molecule has 0 spiro atoms. The van der Waals surface area contributed by atoms with Gasteiger partial charge in [-0.3, -0.25) is 0 Å². The highest BCUT2D eigenvalue weighted by Crippen LogP contribution is 2.21. The summed E-state index contributed by atoms with van der Waals surface area (Å²) in [6, 6.07) is 10.5. The van der Waals surface area contributed by atoms with Crippen LogP contribution in [0.2, 0.25) is 0 Å². The monoisotopic (exact) mass is 258 g/mol. The van der Waals surface area contributed by atoms with Crippen LogP contribution in [0, 0.1) is 6.92 Å². The molecular weight excluding hydrogens is 236 g/mol. The van der Waals surface area contributed by atoms with Gasteiger partial charge in [-0.15, -0.1) is 0 Å². The van der Waals surface area contributed by atoms with Crippen LogP contribution in [0.15, 0.2) is 41.0 Å². The van der Waals surface area contributed by atoms with Crippen molar-refractivity contribution in [2.75, 3.05) is 18.5 Å². The molecule has 0 amide bonds. The lowest BCUT2D eigenvalue weighted by Crippen LogP contribution is -2.19. The number of hydrogen-bond acceptors (Lipinski definition) is 3. The molecule has 0 unspecified atom stereocenters. The van der Waals surface area contributed by atoms with Crippen molar-refractivity contribution in [3.8, 4) is 0 Å². The van der Waals surface area contributed by atoms with Gasteiger partial charge >= 0.3 is 0 Å². The Morgan fingerprint density at radius 1 is 1.21 bits per heavy atom. The number of benzene rings is 1. The lowest BCUT2D eigenvalue weighted by atomic mass is 10.1. The largest absolute Gasteiger partial charge is 0.467 e. The summed E-state index contributed by atoms with van der Waals surface area (Å²) in [4.78, 5) is 2.23. The minimum atomic E-state index is 0.790. The minimum Gasteiger partial charge on any atom is -0.467 e. The van der Waals surface area contributed by atoms with Crippen LogP contribution in [0.4, 0.5) is 5.69 Å². The summed E-state index contributed by atoms with van der Waals surface area (Å²) in [7, 11) is 2.10. The fourth-order valence-electron chi connectivity index (χ4n) is 2.22. The number of nitrogens with one attached hydrogen (secondary N) is 1. The highest BCUT2D eigenvalue weighted by Gasteiger charge is 2.10. The molecule has 0 aliphatic rings. The van der Waals surface area contributed by atoms with E-state index < -0.39 is 0 Å². The van der Waals surface area contributed by atoms with Crippen LogP contribution in [0.25, 0.3) is 0 Å². The smallest absolute Gasteiger partial charge is 0.127 e. The maximum absolute atomic E-state index is 5.61. The minimum absolute atomic E-state index is 0.790. The Bertz CT molecular complexity index is 519. The first-order chi connectivity index (χ1) is 9.22. The van der Waals surface area contributed by atoms with Crippen LogP contribution in [-0.4, -0.2) is 13.6 Å². The molecule has 0 atom stereocenters. The van der Waals surface area contributed by atoms with E-state index in [1.165, 1.54) is 16.8 Å². The Morgan fingerprint density at radius 3 is 2.74 bits per heavy atom. The third-order valence-electron chi connectivity index (χ3n) is 3.31. The maximum Gasteiger partial charge on any atom is 0.127 e. The molecule has 0 radical (unpaired) electrons. The van der Waals surface area contributed by atoms with E-state index in [-0.39, 0.29) is 0 Å². The topological polar surface area (TPSA) is 28.4 Å². The molecule has 0 saturated carbocycles. The zero-order valence-electron chi connectivity index (χ0n) is 11.9. The van der Waals surface area contributed by atoms with E-state index in [0.29, 0.717) is 0 Å². The van der Waals surface area contributed by atoms with Crippen molar-refractivity contribution in [1.82, 2.24) is 5.32 Å². The number of nitrogens with zero attached hydrogens (tertiary/aromatic N) is 1. The molecular formula is C16H22N2O. The zero-order valence-corrected chi connectivity index (χ0v) is 11.9. The quantitative estimate of drug-likeness (QED) is 0.861. The van der Waals surface area contributed by atoms with E-state index in [0.717, 1.165) is 25.4 Å². The SMILES string of the molecule is CCNCc1ccoc1CN(C)c1ccccc1C. The first kappa shape index (κ1) is 13.7. The molecule has 1 aromatic heterocycles. The molecule has 1 N–H and O–H groups in total. The summed E-state index contributed by atoms with van der Waals surface area (Å²) in [5.74, 6) is 1.03. The predicted molar refractivity (Wildman–Crippen MR) is 79.4 cm³/mol. The van der Waals surface area contributed by atoms with Gasteiger partial charge in [0.15, 0.2) is 0 Å². The first-order valence-corrected chi connectivity index (χ1v) is 6.75. The predicted octanol–water partition coefficient (Wildman–Crippen LogP) is 3.33. The van der Waals surface area contributed by atoms with E-state index in [1.54, 1.807) is 6.26 Å². The van der Waals surface area contributed by atoms with E-state index >= 15 is 0 Å². The Labute approximate surface area is 115 Å². The normalized spacial score (nSPS) is 10.7. The van der Waals surface area contributed by atoms with Crippen LogP contribution >= 0.6 is 0 Å². The number of furan rings is 1. The van der Waals surface area contributed by atoms with Gasteiger partial charge in [-0.25, -0.2) is 0 Å². The number of para-hydroxylation sites is 1. The third kappa shape index (κ3) is 3.38. The van der Waals surface area contributed by atoms with Gasteiger partial charge < -0.3 is 14.6 Å². The second-order valence-corrected chi connectivity index (χ2v) is 4.79. The van der Waals surface area contributed by atoms with Crippen molar-refractivity contribution in [3.63, 3.8) is 0 Å². The summed E-state index contributed by atoms with van der Waals surface area (Å²) in [6.45, 7) is 6.87. The number of aryl methyl sites for hydroxylation is 1. The summed E-state index contributed by atoms with van der Waals surface area (Å²) >= 11 is 0. The molecule has 3 heteroatoms. The molecule has 19 heavy (non-hydrogen) atoms. The lowest BCUT2D eigenvalue weighted by molar-refractivity contribution is 0.500. The standard InChI is InChI=1S/C16H22N2O/c1-4-17-11-14-9-10-19-16(14)12-18(3)15-8-6-5-7-13(15)2/h5-10,17H,4,11-12H2,1-3H3. The van der Waals surface area contributed by atoms with Crippen LogP contribution in [-0.2, 0) is 13.1 Å². The summed E-state index contributed by atoms with van der Waals surface area (Å²) < 4.78 is 5.61. The van der Waals surface area contributed by atoms with E-state index in [9.17, 15) is 0 Å². The van der Waals surface area contributed by atoms with Gasteiger partial charge in [0.25, 0.3) is 0 Å². The van der Waals surface area contributed by atoms with E-state index in [4.69, 9.17) is 4.42 Å². The highest BCUT2D eigenvalue weighted by molar-refractivity contribution is 5.52. The second kappa shape index (κ2) is 6.43. The molecule has 1 aromatic carbocycles. The van der Waals surface area contributed by atoms with Gasteiger partial charge in [0.05, 0.1) is 12.8 Å². The molecule has 2 rings (SSSR count). The van der Waals surface area contributed by atoms with Crippen molar-refractivity contribution in [1.29, 1.82) is 0 Å². The molecule has 0 aliphatic heterocycles. The van der Waals surface area contributed by atoms with Gasteiger partial charge in [-0.05, 0) is 31.2 Å². The van der Waals surface area contributed by atoms with Gasteiger partial charge in [-0.1, -0.05) is 25.1 Å². The Morgan fingerprint density at radius 2 is 2.00 bits per heavy atom. The highest BCUT2D eigenvalue weighted by atomic mass is 16.3. The first-order valence-electron chi connectivity index (χ1n) is 6.75. The maximum atomic E-state index is 5.61. The van der Waals surface area contributed by atoms with Gasteiger partial charge in [0.2, 0.25) is 0 Å². The van der Waals surface area contributed by atoms with E-state index in [2.05, 4.69) is 55.4 Å². The van der Waals surface area contributed by atoms with Gasteiger partial charge in [-0.2, -0.15) is 0 Å². The summed E-state index contributed by atoms with van der Waals surface area (Å²) in [5.41, 5.74) is 3.76. The molecule has 3 nitrogen and oxygen atoms in total. The number of hydrogen-bond donors (Lipinski definition) is 1. The number of rotatable bonds is 6. The lowest BCUT2D eigenvalue weighted by Gasteiger charge is -2.20. The van der Waals surface area contributed by atoms with Crippen molar-refractivity contribution >= 4 is 5.69 Å². The van der Waals surface area contributed by atoms with E-state index in [1.807, 2.05) is 6.07 Å². The van der Waals surface area contributed by atoms with Crippen LogP contribution in [0.3, 0.4) is 0 Å². The molecule has 0 bridgehead atoms. The van der Waals surface area contributed by atoms with Crippen molar-refractivity contribution < 1.29 is 4.42 Å². The van der Waals surface area contributed by atoms with Crippen molar-refractivity contribution in [2.45, 2.75) is 26.9 Å². The summed E-state index contributed by atoms with van der Waals surface area (Å²) in [5, 5.41) is 3.34. The van der Waals surface area contributed by atoms with Crippen LogP contribution in [0.5, 0.6) is 0 Å². The third-order valence-corrected chi connectivity index (χ3v) is 3.31. The van der Waals surface area contributed by atoms with Crippen molar-refractivity contribution in [3.05, 3.63) is 53.5 Å². The molecule has 2 aromatic rings. The van der Waals surface area contributed by atoms with Crippen molar-refractivity contribution in [2.24, 2.45) is 0 Å². The average Bonchev–Trinajstić information content (AvgIpc) is 2.84. The Kier molecular flexibility index (Phi) is 4.63. The fraction of sp³-hybridized carbons (Fsp3) is 0.375. The molecule has 1 heterocycles. The average molecular weight is 258 g/mol. The van der Waals surface area contributed by atoms with Crippen LogP contribution < -0.4 is 10.2 Å². The zero-order chi connectivity index (χ0) is 13.7. The van der Waals surface area contributed by atoms with Gasteiger partial charge in [0, 0.05) is 24.8 Å². The van der Waals surface area contributed by atoms with Gasteiger partial charge in [0.1, 0.15) is 5.76 Å². The molecule has 0 fully saturated rings. The summed E-state index contributed by atoms with van der Waals surface area (Å²) in [6.07, 6.45) is 1.77. The fourth-order valence-corrected chi connectivity index (χ4v) is 2.22. The molecule has 0 aliphatic carbocycles. The second-order valence-electron chi connectivity index (χ2n) is 4.79. The Hall–Kier alpha value is -1.74. The molecule has 102 valence electrons. The van der Waals surface area contributed by atoms with Crippen LogP contribution in [0.1, 0.15) is 23.8 Å². The molecule has 0 saturated heterocycles. The number of anilines is 1. The Balaban J connectivity index is 2.09.